The lowest BCUT2D eigenvalue weighted by molar-refractivity contribution is -0.207. The Morgan fingerprint density at radius 3 is 2.59 bits per heavy atom. The van der Waals surface area contributed by atoms with E-state index in [2.05, 4.69) is 0 Å². The molecule has 0 amide bonds. The van der Waals surface area contributed by atoms with Crippen molar-refractivity contribution in [3.05, 3.63) is 0 Å². The maximum Gasteiger partial charge on any atom is 0.323 e. The summed E-state index contributed by atoms with van der Waals surface area (Å²) in [5.41, 5.74) is 0. The van der Waals surface area contributed by atoms with Crippen molar-refractivity contribution in [1.82, 2.24) is 5.06 Å². The van der Waals surface area contributed by atoms with Gasteiger partial charge in [0.2, 0.25) is 0 Å². The Morgan fingerprint density at radius 2 is 2.12 bits per heavy atom. The standard InChI is InChI=1S/C12H23NO3S/c1-16-13(10-6-4-3-5-7-10)11(12(14)15)8-9-17-2/h10-11H,3-9H2,1-2H3,(H,14,15)/t11-/m0/s1. The van der Waals surface area contributed by atoms with Gasteiger partial charge in [-0.15, -0.1) is 0 Å². The van der Waals surface area contributed by atoms with Crippen LogP contribution in [0.2, 0.25) is 0 Å². The first-order valence-electron chi connectivity index (χ1n) is 6.25. The predicted octanol–water partition coefficient (Wildman–Crippen LogP) is 2.39. The number of thioether (sulfide) groups is 1. The molecule has 0 aromatic heterocycles. The van der Waals surface area contributed by atoms with Gasteiger partial charge in [-0.1, -0.05) is 19.3 Å². The molecule has 0 spiro atoms. The minimum atomic E-state index is -0.772. The van der Waals surface area contributed by atoms with Gasteiger partial charge in [-0.3, -0.25) is 4.79 Å². The van der Waals surface area contributed by atoms with Gasteiger partial charge >= 0.3 is 5.97 Å². The summed E-state index contributed by atoms with van der Waals surface area (Å²) in [5, 5.41) is 11.0. The van der Waals surface area contributed by atoms with Crippen LogP contribution in [0, 0.1) is 0 Å². The van der Waals surface area contributed by atoms with Crippen LogP contribution in [0.5, 0.6) is 0 Å². The third-order valence-electron chi connectivity index (χ3n) is 3.33. The summed E-state index contributed by atoms with van der Waals surface area (Å²) in [4.78, 5) is 16.7. The van der Waals surface area contributed by atoms with Crippen molar-refractivity contribution < 1.29 is 14.7 Å². The number of hydroxylamine groups is 2. The molecule has 17 heavy (non-hydrogen) atoms. The Hall–Kier alpha value is -0.260. The number of nitrogens with zero attached hydrogens (tertiary/aromatic N) is 1. The number of aliphatic carboxylic acids is 1. The lowest BCUT2D eigenvalue weighted by atomic mass is 9.94. The van der Waals surface area contributed by atoms with Crippen LogP contribution in [0.15, 0.2) is 0 Å². The zero-order chi connectivity index (χ0) is 12.7. The molecule has 0 unspecified atom stereocenters. The van der Waals surface area contributed by atoms with Crippen LogP contribution in [-0.2, 0) is 9.63 Å². The summed E-state index contributed by atoms with van der Waals surface area (Å²) < 4.78 is 0. The molecule has 0 saturated heterocycles. The number of rotatable bonds is 7. The number of hydrogen-bond acceptors (Lipinski definition) is 4. The summed E-state index contributed by atoms with van der Waals surface area (Å²) in [7, 11) is 1.59. The molecule has 0 bridgehead atoms. The third-order valence-corrected chi connectivity index (χ3v) is 3.98. The minimum absolute atomic E-state index is 0.275. The topological polar surface area (TPSA) is 49.8 Å². The van der Waals surface area contributed by atoms with Crippen molar-refractivity contribution in [2.75, 3.05) is 19.1 Å². The lowest BCUT2D eigenvalue weighted by Gasteiger charge is -2.35. The van der Waals surface area contributed by atoms with Gasteiger partial charge in [-0.25, -0.2) is 0 Å². The Bertz CT molecular complexity index is 232. The van der Waals surface area contributed by atoms with Crippen molar-refractivity contribution in [3.8, 4) is 0 Å². The SMILES string of the molecule is CON(C1CCCCC1)[C@@H](CCSC)C(=O)O. The van der Waals surface area contributed by atoms with Crippen molar-refractivity contribution in [2.24, 2.45) is 0 Å². The first-order chi connectivity index (χ1) is 8.20. The zero-order valence-corrected chi connectivity index (χ0v) is 11.5. The fourth-order valence-electron chi connectivity index (χ4n) is 2.46. The Morgan fingerprint density at radius 1 is 1.47 bits per heavy atom. The van der Waals surface area contributed by atoms with Crippen molar-refractivity contribution in [3.63, 3.8) is 0 Å². The van der Waals surface area contributed by atoms with Gasteiger partial charge in [0.25, 0.3) is 0 Å². The van der Waals surface area contributed by atoms with Gasteiger partial charge in [-0.2, -0.15) is 16.8 Å². The fraction of sp³-hybridized carbons (Fsp3) is 0.917. The maximum atomic E-state index is 11.3. The van der Waals surface area contributed by atoms with Gasteiger partial charge < -0.3 is 9.94 Å². The Labute approximate surface area is 108 Å². The molecule has 4 nitrogen and oxygen atoms in total. The molecule has 1 saturated carbocycles. The zero-order valence-electron chi connectivity index (χ0n) is 10.7. The van der Waals surface area contributed by atoms with Crippen molar-refractivity contribution >= 4 is 17.7 Å². The van der Waals surface area contributed by atoms with Crippen LogP contribution >= 0.6 is 11.8 Å². The van der Waals surface area contributed by atoms with E-state index >= 15 is 0 Å². The fourth-order valence-corrected chi connectivity index (χ4v) is 2.91. The molecule has 1 fully saturated rings. The first kappa shape index (κ1) is 14.8. The van der Waals surface area contributed by atoms with Crippen molar-refractivity contribution in [1.29, 1.82) is 0 Å². The smallest absolute Gasteiger partial charge is 0.323 e. The molecule has 0 radical (unpaired) electrons. The average molecular weight is 261 g/mol. The second-order valence-corrected chi connectivity index (χ2v) is 5.46. The van der Waals surface area contributed by atoms with E-state index in [1.54, 1.807) is 23.9 Å². The van der Waals surface area contributed by atoms with E-state index < -0.39 is 12.0 Å². The summed E-state index contributed by atoms with van der Waals surface area (Å²) in [6.45, 7) is 0. The lowest BCUT2D eigenvalue weighted by Crippen LogP contribution is -2.47. The van der Waals surface area contributed by atoms with Crippen LogP contribution in [0.1, 0.15) is 38.5 Å². The number of hydrogen-bond donors (Lipinski definition) is 1. The van der Waals surface area contributed by atoms with E-state index in [4.69, 9.17) is 4.84 Å². The quantitative estimate of drug-likeness (QED) is 0.713. The monoisotopic (exact) mass is 261 g/mol. The molecule has 0 aromatic rings. The molecule has 5 heteroatoms. The van der Waals surface area contributed by atoms with Crippen LogP contribution in [0.3, 0.4) is 0 Å². The number of carboxylic acid groups (broad SMARTS) is 1. The van der Waals surface area contributed by atoms with E-state index in [1.807, 2.05) is 6.26 Å². The van der Waals surface area contributed by atoms with Gasteiger partial charge in [0.15, 0.2) is 0 Å². The normalized spacial score (nSPS) is 19.5. The average Bonchev–Trinajstić information content (AvgIpc) is 2.35. The highest BCUT2D eigenvalue weighted by molar-refractivity contribution is 7.98. The highest BCUT2D eigenvalue weighted by atomic mass is 32.2. The Balaban J connectivity index is 2.62. The van der Waals surface area contributed by atoms with Gasteiger partial charge in [0.1, 0.15) is 6.04 Å². The molecule has 1 aliphatic carbocycles. The molecule has 0 aromatic carbocycles. The molecule has 1 N–H and O–H groups in total. The molecular weight excluding hydrogens is 238 g/mol. The Kier molecular flexibility index (Phi) is 6.92. The minimum Gasteiger partial charge on any atom is -0.480 e. The van der Waals surface area contributed by atoms with E-state index in [1.165, 1.54) is 19.3 Å². The van der Waals surface area contributed by atoms with Crippen molar-refractivity contribution in [2.45, 2.75) is 50.6 Å². The molecule has 1 aliphatic rings. The van der Waals surface area contributed by atoms with Crippen LogP contribution < -0.4 is 0 Å². The molecule has 0 heterocycles. The van der Waals surface area contributed by atoms with Gasteiger partial charge in [0.05, 0.1) is 7.11 Å². The molecule has 0 aliphatic heterocycles. The largest absolute Gasteiger partial charge is 0.480 e. The van der Waals surface area contributed by atoms with E-state index in [0.717, 1.165) is 18.6 Å². The maximum absolute atomic E-state index is 11.3. The second-order valence-electron chi connectivity index (χ2n) is 4.47. The summed E-state index contributed by atoms with van der Waals surface area (Å²) in [6, 6.07) is -0.229. The van der Waals surface area contributed by atoms with Gasteiger partial charge in [-0.05, 0) is 31.3 Å². The van der Waals surface area contributed by atoms with Crippen LogP contribution in [0.25, 0.3) is 0 Å². The van der Waals surface area contributed by atoms with E-state index in [9.17, 15) is 9.90 Å². The third kappa shape index (κ3) is 4.48. The molecule has 1 rings (SSSR count). The summed E-state index contributed by atoms with van der Waals surface area (Å²) in [6.07, 6.45) is 8.36. The first-order valence-corrected chi connectivity index (χ1v) is 7.64. The molecule has 100 valence electrons. The summed E-state index contributed by atoms with van der Waals surface area (Å²) >= 11 is 1.68. The number of carboxylic acids is 1. The summed E-state index contributed by atoms with van der Waals surface area (Å²) in [5.74, 6) is 0.0790. The van der Waals surface area contributed by atoms with E-state index in [0.29, 0.717) is 6.42 Å². The van der Waals surface area contributed by atoms with Gasteiger partial charge in [0, 0.05) is 6.04 Å². The number of carbonyl (C=O) groups is 1. The molecule has 1 atom stereocenters. The van der Waals surface area contributed by atoms with E-state index in [-0.39, 0.29) is 6.04 Å². The van der Waals surface area contributed by atoms with Crippen LogP contribution in [-0.4, -0.2) is 47.3 Å². The molecular formula is C12H23NO3S. The predicted molar refractivity (Wildman–Crippen MR) is 70.1 cm³/mol. The highest BCUT2D eigenvalue weighted by Crippen LogP contribution is 2.25. The highest BCUT2D eigenvalue weighted by Gasteiger charge is 2.32. The van der Waals surface area contributed by atoms with Crippen LogP contribution in [0.4, 0.5) is 0 Å². The second kappa shape index (κ2) is 7.95.